The summed E-state index contributed by atoms with van der Waals surface area (Å²) in [5, 5.41) is 4.28. The number of aromatic nitrogens is 3. The Morgan fingerprint density at radius 3 is 2.62 bits per heavy atom. The van der Waals surface area contributed by atoms with E-state index in [0.29, 0.717) is 6.04 Å². The first-order valence-corrected chi connectivity index (χ1v) is 5.01. The second-order valence-electron chi connectivity index (χ2n) is 3.77. The van der Waals surface area contributed by atoms with Crippen LogP contribution in [0.3, 0.4) is 0 Å². The quantitative estimate of drug-likeness (QED) is 0.796. The first kappa shape index (κ1) is 13.4. The standard InChI is InChI=1S/C12H14N3.Y/c1-9(2)15-11(6-8-14-15)12-10(3)5-4-7-13-12;/h4-9H,3H2,1-2H3;/q-1;. The minimum absolute atomic E-state index is 0. The third-order valence-corrected chi connectivity index (χ3v) is 2.29. The van der Waals surface area contributed by atoms with E-state index in [1.165, 1.54) is 0 Å². The summed E-state index contributed by atoms with van der Waals surface area (Å²) >= 11 is 0. The van der Waals surface area contributed by atoms with Crippen LogP contribution in [0.2, 0.25) is 0 Å². The fourth-order valence-corrected chi connectivity index (χ4v) is 1.58. The van der Waals surface area contributed by atoms with Crippen molar-refractivity contribution in [3.63, 3.8) is 0 Å². The Labute approximate surface area is 121 Å². The molecular formula is C12H14N3Y-. The Bertz CT molecular complexity index is 463. The molecule has 0 unspecified atom stereocenters. The van der Waals surface area contributed by atoms with Crippen LogP contribution in [0.4, 0.5) is 0 Å². The molecule has 1 radical (unpaired) electrons. The predicted molar refractivity (Wildman–Crippen MR) is 60.3 cm³/mol. The molecule has 3 nitrogen and oxygen atoms in total. The van der Waals surface area contributed by atoms with Crippen LogP contribution in [0.15, 0.2) is 30.6 Å². The summed E-state index contributed by atoms with van der Waals surface area (Å²) in [6.07, 6.45) is 3.57. The third kappa shape index (κ3) is 2.53. The zero-order valence-electron chi connectivity index (χ0n) is 9.59. The smallest absolute Gasteiger partial charge is 0.0485 e. The van der Waals surface area contributed by atoms with Gasteiger partial charge in [0.25, 0.3) is 0 Å². The van der Waals surface area contributed by atoms with Crippen molar-refractivity contribution in [1.29, 1.82) is 0 Å². The van der Waals surface area contributed by atoms with Gasteiger partial charge >= 0.3 is 0 Å². The molecule has 0 amide bonds. The second-order valence-corrected chi connectivity index (χ2v) is 3.77. The molecule has 0 N–H and O–H groups in total. The number of rotatable bonds is 2. The molecule has 0 atom stereocenters. The molecule has 0 saturated carbocycles. The number of nitrogens with zero attached hydrogens (tertiary/aromatic N) is 3. The molecule has 0 spiro atoms. The molecule has 4 heteroatoms. The summed E-state index contributed by atoms with van der Waals surface area (Å²) in [7, 11) is 0. The molecule has 2 heterocycles. The van der Waals surface area contributed by atoms with Crippen LogP contribution in [0.5, 0.6) is 0 Å². The van der Waals surface area contributed by atoms with Gasteiger partial charge in [0.2, 0.25) is 0 Å². The van der Waals surface area contributed by atoms with Gasteiger partial charge in [-0.2, -0.15) is 23.7 Å². The Balaban J connectivity index is 0.00000128. The Morgan fingerprint density at radius 2 is 2.00 bits per heavy atom. The maximum atomic E-state index is 4.34. The van der Waals surface area contributed by atoms with Gasteiger partial charge in [-0.25, -0.2) is 0 Å². The van der Waals surface area contributed by atoms with Gasteiger partial charge < -0.3 is 4.98 Å². The van der Waals surface area contributed by atoms with Crippen molar-refractivity contribution in [2.45, 2.75) is 19.9 Å². The summed E-state index contributed by atoms with van der Waals surface area (Å²) in [5.74, 6) is 0. The molecule has 0 saturated heterocycles. The molecule has 0 bridgehead atoms. The van der Waals surface area contributed by atoms with Crippen LogP contribution < -0.4 is 0 Å². The maximum Gasteiger partial charge on any atom is 0.0485 e. The normalized spacial score (nSPS) is 10.2. The molecule has 0 aromatic carbocycles. The zero-order chi connectivity index (χ0) is 10.8. The van der Waals surface area contributed by atoms with Crippen molar-refractivity contribution < 1.29 is 32.7 Å². The minimum atomic E-state index is 0. The van der Waals surface area contributed by atoms with E-state index in [-0.39, 0.29) is 32.7 Å². The van der Waals surface area contributed by atoms with Crippen LogP contribution in [0.25, 0.3) is 11.4 Å². The Kier molecular flexibility index (Phi) is 4.69. The van der Waals surface area contributed by atoms with Crippen LogP contribution in [0.1, 0.15) is 25.5 Å². The predicted octanol–water partition coefficient (Wildman–Crippen LogP) is 2.71. The summed E-state index contributed by atoms with van der Waals surface area (Å²) in [4.78, 5) is 4.34. The fraction of sp³-hybridized carbons (Fsp3) is 0.250. The van der Waals surface area contributed by atoms with E-state index in [9.17, 15) is 0 Å². The average molecular weight is 289 g/mol. The number of pyridine rings is 1. The van der Waals surface area contributed by atoms with Crippen molar-refractivity contribution >= 4 is 0 Å². The van der Waals surface area contributed by atoms with Crippen LogP contribution in [0, 0.1) is 6.92 Å². The summed E-state index contributed by atoms with van der Waals surface area (Å²) < 4.78 is 1.96. The number of hydrogen-bond acceptors (Lipinski definition) is 2. The molecule has 81 valence electrons. The first-order chi connectivity index (χ1) is 7.20. The summed E-state index contributed by atoms with van der Waals surface area (Å²) in [6, 6.07) is 6.15. The van der Waals surface area contributed by atoms with Gasteiger partial charge in [0.05, 0.1) is 0 Å². The fourth-order valence-electron chi connectivity index (χ4n) is 1.58. The molecule has 2 aromatic rings. The van der Waals surface area contributed by atoms with Gasteiger partial charge in [-0.05, 0) is 25.6 Å². The molecule has 0 aliphatic carbocycles. The second kappa shape index (κ2) is 5.60. The van der Waals surface area contributed by atoms with E-state index in [0.717, 1.165) is 17.0 Å². The average Bonchev–Trinajstić information content (AvgIpc) is 2.67. The van der Waals surface area contributed by atoms with Gasteiger partial charge in [-0.3, -0.25) is 4.68 Å². The Morgan fingerprint density at radius 1 is 1.25 bits per heavy atom. The van der Waals surface area contributed by atoms with Crippen molar-refractivity contribution in [1.82, 2.24) is 14.8 Å². The van der Waals surface area contributed by atoms with E-state index in [2.05, 4.69) is 30.9 Å². The van der Waals surface area contributed by atoms with Gasteiger partial charge in [-0.1, -0.05) is 0 Å². The van der Waals surface area contributed by atoms with Crippen molar-refractivity contribution in [3.05, 3.63) is 43.1 Å². The van der Waals surface area contributed by atoms with Crippen LogP contribution in [-0.2, 0) is 32.7 Å². The molecule has 2 rings (SSSR count). The minimum Gasteiger partial charge on any atom is -0.320 e. The first-order valence-electron chi connectivity index (χ1n) is 5.01. The Hall–Kier alpha value is -0.666. The van der Waals surface area contributed by atoms with Crippen LogP contribution in [-0.4, -0.2) is 14.8 Å². The molecule has 16 heavy (non-hydrogen) atoms. The third-order valence-electron chi connectivity index (χ3n) is 2.29. The molecule has 0 aliphatic rings. The van der Waals surface area contributed by atoms with Gasteiger partial charge in [0.15, 0.2) is 0 Å². The van der Waals surface area contributed by atoms with E-state index in [4.69, 9.17) is 0 Å². The van der Waals surface area contributed by atoms with Crippen molar-refractivity contribution in [2.24, 2.45) is 0 Å². The summed E-state index contributed by atoms with van der Waals surface area (Å²) in [5.41, 5.74) is 2.86. The van der Waals surface area contributed by atoms with Crippen LogP contribution >= 0.6 is 0 Å². The molecule has 0 aliphatic heterocycles. The van der Waals surface area contributed by atoms with Gasteiger partial charge in [-0.15, -0.1) is 6.07 Å². The largest absolute Gasteiger partial charge is 0.320 e. The topological polar surface area (TPSA) is 30.7 Å². The van der Waals surface area contributed by atoms with Gasteiger partial charge in [0, 0.05) is 56.8 Å². The van der Waals surface area contributed by atoms with Gasteiger partial charge in [0.1, 0.15) is 0 Å². The van der Waals surface area contributed by atoms with E-state index < -0.39 is 0 Å². The van der Waals surface area contributed by atoms with E-state index >= 15 is 0 Å². The number of hydrogen-bond donors (Lipinski definition) is 0. The zero-order valence-corrected chi connectivity index (χ0v) is 12.4. The SMILES string of the molecule is [CH2-]c1cccnc1-c1ccnn1C(C)C.[Y]. The monoisotopic (exact) mass is 289 g/mol. The summed E-state index contributed by atoms with van der Waals surface area (Å²) in [6.45, 7) is 8.17. The van der Waals surface area contributed by atoms with E-state index in [1.807, 2.05) is 22.9 Å². The van der Waals surface area contributed by atoms with Crippen molar-refractivity contribution in [3.8, 4) is 11.4 Å². The van der Waals surface area contributed by atoms with E-state index in [1.54, 1.807) is 12.4 Å². The molecule has 2 aromatic heterocycles. The molecule has 0 fully saturated rings. The molecular weight excluding hydrogens is 275 g/mol. The maximum absolute atomic E-state index is 4.34. The van der Waals surface area contributed by atoms with Crippen molar-refractivity contribution in [2.75, 3.05) is 0 Å².